The molecule has 3 aromatic rings. The highest BCUT2D eigenvalue weighted by Crippen LogP contribution is 2.44. The van der Waals surface area contributed by atoms with E-state index in [1.165, 1.54) is 0 Å². The van der Waals surface area contributed by atoms with Crippen molar-refractivity contribution in [3.63, 3.8) is 0 Å². The third-order valence-electron chi connectivity index (χ3n) is 4.28. The molecule has 1 saturated heterocycles. The summed E-state index contributed by atoms with van der Waals surface area (Å²) in [5, 5.41) is 8.04. The van der Waals surface area contributed by atoms with Crippen molar-refractivity contribution in [3.05, 3.63) is 42.9 Å². The molecule has 1 fully saturated rings. The summed E-state index contributed by atoms with van der Waals surface area (Å²) in [5.74, 6) is 1.68. The SMILES string of the molecule is OS1(O)CCC(Nc2ccc3ncc(-c4ccncc4)n3n2)CC1. The maximum Gasteiger partial charge on any atom is 0.154 e. The highest BCUT2D eigenvalue weighted by molar-refractivity contribution is 8.24. The first-order valence-corrected chi connectivity index (χ1v) is 9.75. The van der Waals surface area contributed by atoms with Crippen molar-refractivity contribution in [3.8, 4) is 11.3 Å². The van der Waals surface area contributed by atoms with Crippen LogP contribution in [0, 0.1) is 0 Å². The van der Waals surface area contributed by atoms with Gasteiger partial charge in [-0.05, 0) is 37.1 Å². The topological polar surface area (TPSA) is 95.6 Å². The zero-order valence-corrected chi connectivity index (χ0v) is 13.9. The van der Waals surface area contributed by atoms with Gasteiger partial charge in [-0.2, -0.15) is 10.6 Å². The van der Waals surface area contributed by atoms with Crippen LogP contribution in [0.2, 0.25) is 0 Å². The molecule has 4 rings (SSSR count). The fourth-order valence-electron chi connectivity index (χ4n) is 2.93. The van der Waals surface area contributed by atoms with Gasteiger partial charge in [-0.1, -0.05) is 0 Å². The molecular formula is C16H19N5O2S. The van der Waals surface area contributed by atoms with Crippen LogP contribution >= 0.6 is 10.6 Å². The highest BCUT2D eigenvalue weighted by atomic mass is 32.3. The van der Waals surface area contributed by atoms with Gasteiger partial charge in [0.15, 0.2) is 5.65 Å². The van der Waals surface area contributed by atoms with E-state index >= 15 is 0 Å². The first-order chi connectivity index (χ1) is 11.6. The quantitative estimate of drug-likeness (QED) is 0.675. The Morgan fingerprint density at radius 2 is 1.83 bits per heavy atom. The van der Waals surface area contributed by atoms with E-state index in [1.807, 2.05) is 28.8 Å². The number of anilines is 1. The van der Waals surface area contributed by atoms with Crippen molar-refractivity contribution in [1.82, 2.24) is 19.6 Å². The lowest BCUT2D eigenvalue weighted by Crippen LogP contribution is -2.30. The summed E-state index contributed by atoms with van der Waals surface area (Å²) in [5.41, 5.74) is 2.70. The number of pyridine rings is 1. The van der Waals surface area contributed by atoms with Crippen LogP contribution in [-0.2, 0) is 0 Å². The molecule has 1 aliphatic rings. The monoisotopic (exact) mass is 345 g/mol. The normalized spacial score (nSPS) is 19.2. The molecule has 0 spiro atoms. The molecule has 0 aromatic carbocycles. The average molecular weight is 345 g/mol. The van der Waals surface area contributed by atoms with Gasteiger partial charge in [-0.15, -0.1) is 5.10 Å². The van der Waals surface area contributed by atoms with Gasteiger partial charge in [0.25, 0.3) is 0 Å². The molecule has 4 heterocycles. The number of nitrogens with zero attached hydrogens (tertiary/aromatic N) is 4. The lowest BCUT2D eigenvalue weighted by molar-refractivity contribution is 0.462. The fraction of sp³-hybridized carbons (Fsp3) is 0.312. The zero-order valence-electron chi connectivity index (χ0n) is 13.0. The highest BCUT2D eigenvalue weighted by Gasteiger charge is 2.24. The third-order valence-corrected chi connectivity index (χ3v) is 6.06. The summed E-state index contributed by atoms with van der Waals surface area (Å²) in [6.07, 6.45) is 6.78. The minimum Gasteiger partial charge on any atom is -0.366 e. The van der Waals surface area contributed by atoms with E-state index < -0.39 is 10.6 Å². The van der Waals surface area contributed by atoms with Crippen molar-refractivity contribution in [2.24, 2.45) is 0 Å². The number of nitrogens with one attached hydrogen (secondary N) is 1. The van der Waals surface area contributed by atoms with Gasteiger partial charge in [-0.25, -0.2) is 9.50 Å². The van der Waals surface area contributed by atoms with E-state index in [-0.39, 0.29) is 6.04 Å². The Balaban J connectivity index is 1.59. The lowest BCUT2D eigenvalue weighted by atomic mass is 10.1. The van der Waals surface area contributed by atoms with Crippen LogP contribution in [0.25, 0.3) is 16.9 Å². The molecule has 0 unspecified atom stereocenters. The van der Waals surface area contributed by atoms with Crippen LogP contribution in [0.4, 0.5) is 5.82 Å². The second kappa shape index (κ2) is 6.04. The molecule has 7 nitrogen and oxygen atoms in total. The fourth-order valence-corrected chi connectivity index (χ4v) is 4.46. The summed E-state index contributed by atoms with van der Waals surface area (Å²) >= 11 is 0. The summed E-state index contributed by atoms with van der Waals surface area (Å²) in [7, 11) is -2.36. The second-order valence-corrected chi connectivity index (χ2v) is 8.42. The number of imidazole rings is 1. The first kappa shape index (κ1) is 15.4. The van der Waals surface area contributed by atoms with Gasteiger partial charge in [0, 0.05) is 35.5 Å². The minimum absolute atomic E-state index is 0.211. The summed E-state index contributed by atoms with van der Waals surface area (Å²) in [6.45, 7) is 0. The Morgan fingerprint density at radius 3 is 2.58 bits per heavy atom. The molecule has 24 heavy (non-hydrogen) atoms. The van der Waals surface area contributed by atoms with Crippen molar-refractivity contribution >= 4 is 22.1 Å². The predicted octanol–water partition coefficient (Wildman–Crippen LogP) is 3.12. The lowest BCUT2D eigenvalue weighted by Gasteiger charge is -2.39. The molecular weight excluding hydrogens is 326 g/mol. The van der Waals surface area contributed by atoms with Crippen LogP contribution in [0.3, 0.4) is 0 Å². The Hall–Kier alpha value is -2.16. The van der Waals surface area contributed by atoms with Gasteiger partial charge in [0.2, 0.25) is 0 Å². The molecule has 0 amide bonds. The maximum absolute atomic E-state index is 9.71. The van der Waals surface area contributed by atoms with Crippen LogP contribution in [0.15, 0.2) is 42.9 Å². The number of aromatic nitrogens is 4. The summed E-state index contributed by atoms with van der Waals surface area (Å²) in [4.78, 5) is 8.43. The van der Waals surface area contributed by atoms with Gasteiger partial charge in [0.1, 0.15) is 5.82 Å². The zero-order chi connectivity index (χ0) is 16.6. The van der Waals surface area contributed by atoms with Gasteiger partial charge in [0.05, 0.1) is 11.9 Å². The minimum atomic E-state index is -2.36. The number of fused-ring (bicyclic) bond motifs is 1. The van der Waals surface area contributed by atoms with E-state index in [0.717, 1.165) is 35.6 Å². The molecule has 0 radical (unpaired) electrons. The van der Waals surface area contributed by atoms with Crippen LogP contribution in [0.5, 0.6) is 0 Å². The summed E-state index contributed by atoms with van der Waals surface area (Å²) in [6, 6.07) is 7.90. The Bertz CT molecular complexity index is 842. The van der Waals surface area contributed by atoms with E-state index in [0.29, 0.717) is 11.5 Å². The van der Waals surface area contributed by atoms with Crippen molar-refractivity contribution in [2.75, 3.05) is 16.8 Å². The number of hydrogen-bond acceptors (Lipinski definition) is 6. The molecule has 126 valence electrons. The smallest absolute Gasteiger partial charge is 0.154 e. The van der Waals surface area contributed by atoms with Crippen molar-refractivity contribution < 1.29 is 9.11 Å². The van der Waals surface area contributed by atoms with E-state index in [2.05, 4.69) is 20.4 Å². The van der Waals surface area contributed by atoms with E-state index in [9.17, 15) is 9.11 Å². The molecule has 3 aromatic heterocycles. The first-order valence-electron chi connectivity index (χ1n) is 7.86. The molecule has 3 N–H and O–H groups in total. The third kappa shape index (κ3) is 3.08. The maximum atomic E-state index is 9.71. The number of rotatable bonds is 3. The van der Waals surface area contributed by atoms with Gasteiger partial charge >= 0.3 is 0 Å². The largest absolute Gasteiger partial charge is 0.366 e. The Labute approximate surface area is 141 Å². The molecule has 0 bridgehead atoms. The van der Waals surface area contributed by atoms with E-state index in [4.69, 9.17) is 0 Å². The standard InChI is InChI=1S/C16H19N5O2S/c22-24(23)9-5-13(6-10-24)19-15-1-2-16-18-11-14(21(16)20-15)12-3-7-17-8-4-12/h1-4,7-8,11,13,22-23H,5-6,9-10H2,(H,19,20). The van der Waals surface area contributed by atoms with Gasteiger partial charge in [-0.3, -0.25) is 14.1 Å². The number of hydrogen-bond donors (Lipinski definition) is 3. The Morgan fingerprint density at radius 1 is 1.08 bits per heavy atom. The predicted molar refractivity (Wildman–Crippen MR) is 95.4 cm³/mol. The molecule has 1 aliphatic heterocycles. The average Bonchev–Trinajstić information content (AvgIpc) is 3.01. The summed E-state index contributed by atoms with van der Waals surface area (Å²) < 4.78 is 21.2. The van der Waals surface area contributed by atoms with Gasteiger partial charge < -0.3 is 5.32 Å². The second-order valence-electron chi connectivity index (χ2n) is 6.00. The van der Waals surface area contributed by atoms with E-state index in [1.54, 1.807) is 18.6 Å². The van der Waals surface area contributed by atoms with Crippen LogP contribution < -0.4 is 5.32 Å². The van der Waals surface area contributed by atoms with Crippen molar-refractivity contribution in [2.45, 2.75) is 18.9 Å². The molecule has 0 atom stereocenters. The van der Waals surface area contributed by atoms with Crippen LogP contribution in [0.1, 0.15) is 12.8 Å². The molecule has 0 aliphatic carbocycles. The Kier molecular flexibility index (Phi) is 3.87. The molecule has 8 heteroatoms. The van der Waals surface area contributed by atoms with Crippen LogP contribution in [-0.4, -0.2) is 46.2 Å². The molecule has 0 saturated carbocycles. The van der Waals surface area contributed by atoms with Crippen molar-refractivity contribution in [1.29, 1.82) is 0 Å².